The van der Waals surface area contributed by atoms with E-state index in [2.05, 4.69) is 10.5 Å². The monoisotopic (exact) mass is 485 g/mol. The van der Waals surface area contributed by atoms with E-state index in [9.17, 15) is 13.2 Å². The van der Waals surface area contributed by atoms with Gasteiger partial charge < -0.3 is 4.74 Å². The van der Waals surface area contributed by atoms with Crippen molar-refractivity contribution in [3.05, 3.63) is 88.9 Å². The van der Waals surface area contributed by atoms with E-state index < -0.39 is 22.5 Å². The molecule has 0 fully saturated rings. The minimum Gasteiger partial charge on any atom is -0.494 e. The van der Waals surface area contributed by atoms with Crippen LogP contribution in [-0.4, -0.2) is 33.7 Å². The third kappa shape index (κ3) is 6.34. The summed E-state index contributed by atoms with van der Waals surface area (Å²) >= 11 is 6.08. The SMILES string of the molecule is CCOc1ccc(N(CC(=O)N/N=C\c2ccccc2Cl)S(=O)(=O)c2ccc(C)cc2)cc1. The molecule has 33 heavy (non-hydrogen) atoms. The molecule has 0 radical (unpaired) electrons. The van der Waals surface area contributed by atoms with Crippen molar-refractivity contribution < 1.29 is 17.9 Å². The molecule has 0 aromatic heterocycles. The summed E-state index contributed by atoms with van der Waals surface area (Å²) in [6.07, 6.45) is 1.40. The van der Waals surface area contributed by atoms with E-state index >= 15 is 0 Å². The van der Waals surface area contributed by atoms with Crippen LogP contribution in [0.1, 0.15) is 18.1 Å². The van der Waals surface area contributed by atoms with Crippen LogP contribution in [0.5, 0.6) is 5.75 Å². The molecule has 0 spiro atoms. The number of carbonyl (C=O) groups excluding carboxylic acids is 1. The van der Waals surface area contributed by atoms with E-state index in [1.807, 2.05) is 13.8 Å². The first-order valence-corrected chi connectivity index (χ1v) is 12.0. The van der Waals surface area contributed by atoms with Gasteiger partial charge in [0.15, 0.2) is 0 Å². The Labute approximate surface area is 198 Å². The maximum Gasteiger partial charge on any atom is 0.264 e. The summed E-state index contributed by atoms with van der Waals surface area (Å²) in [5.41, 5.74) is 4.23. The van der Waals surface area contributed by atoms with E-state index in [0.717, 1.165) is 9.87 Å². The normalized spacial score (nSPS) is 11.4. The van der Waals surface area contributed by atoms with E-state index in [0.29, 0.717) is 28.6 Å². The second kappa shape index (κ2) is 11.0. The van der Waals surface area contributed by atoms with Crippen LogP contribution in [0.15, 0.2) is 82.8 Å². The molecule has 0 aliphatic carbocycles. The third-order valence-electron chi connectivity index (χ3n) is 4.63. The molecule has 0 aliphatic rings. The van der Waals surface area contributed by atoms with Crippen LogP contribution >= 0.6 is 11.6 Å². The van der Waals surface area contributed by atoms with Crippen molar-refractivity contribution >= 4 is 39.4 Å². The van der Waals surface area contributed by atoms with Gasteiger partial charge in [0.2, 0.25) is 0 Å². The lowest BCUT2D eigenvalue weighted by Gasteiger charge is -2.24. The highest BCUT2D eigenvalue weighted by Gasteiger charge is 2.27. The zero-order valence-corrected chi connectivity index (χ0v) is 19.8. The van der Waals surface area contributed by atoms with Crippen LogP contribution in [0.4, 0.5) is 5.69 Å². The Morgan fingerprint density at radius 3 is 2.36 bits per heavy atom. The molecular weight excluding hydrogens is 462 g/mol. The van der Waals surface area contributed by atoms with Gasteiger partial charge in [0, 0.05) is 10.6 Å². The van der Waals surface area contributed by atoms with Gasteiger partial charge in [0.25, 0.3) is 15.9 Å². The number of hydrogen-bond acceptors (Lipinski definition) is 5. The van der Waals surface area contributed by atoms with Crippen LogP contribution < -0.4 is 14.5 Å². The number of hydrogen-bond donors (Lipinski definition) is 1. The van der Waals surface area contributed by atoms with Crippen molar-refractivity contribution in [3.8, 4) is 5.75 Å². The summed E-state index contributed by atoms with van der Waals surface area (Å²) in [4.78, 5) is 12.7. The number of carbonyl (C=O) groups is 1. The van der Waals surface area contributed by atoms with Gasteiger partial charge in [-0.15, -0.1) is 0 Å². The first kappa shape index (κ1) is 24.3. The lowest BCUT2D eigenvalue weighted by molar-refractivity contribution is -0.119. The van der Waals surface area contributed by atoms with Crippen molar-refractivity contribution in [2.45, 2.75) is 18.7 Å². The molecule has 9 heteroatoms. The number of sulfonamides is 1. The van der Waals surface area contributed by atoms with Crippen LogP contribution in [-0.2, 0) is 14.8 Å². The average molecular weight is 486 g/mol. The Kier molecular flexibility index (Phi) is 8.08. The predicted octanol–water partition coefficient (Wildman–Crippen LogP) is 4.39. The zero-order chi connectivity index (χ0) is 23.8. The summed E-state index contributed by atoms with van der Waals surface area (Å²) in [6.45, 7) is 3.74. The maximum absolute atomic E-state index is 13.4. The Bertz CT molecular complexity index is 1230. The number of rotatable bonds is 9. The van der Waals surface area contributed by atoms with E-state index in [4.69, 9.17) is 16.3 Å². The van der Waals surface area contributed by atoms with Gasteiger partial charge in [0.05, 0.1) is 23.4 Å². The Morgan fingerprint density at radius 1 is 1.06 bits per heavy atom. The number of aryl methyl sites for hydroxylation is 1. The summed E-state index contributed by atoms with van der Waals surface area (Å²) in [6, 6.07) is 20.0. The summed E-state index contributed by atoms with van der Waals surface area (Å²) in [7, 11) is -4.02. The van der Waals surface area contributed by atoms with Gasteiger partial charge in [-0.3, -0.25) is 9.10 Å². The number of amides is 1. The fourth-order valence-corrected chi connectivity index (χ4v) is 4.55. The average Bonchev–Trinajstić information content (AvgIpc) is 2.80. The molecule has 0 atom stereocenters. The molecule has 0 unspecified atom stereocenters. The number of anilines is 1. The highest BCUT2D eigenvalue weighted by molar-refractivity contribution is 7.92. The van der Waals surface area contributed by atoms with Gasteiger partial charge in [-0.1, -0.05) is 47.5 Å². The van der Waals surface area contributed by atoms with Gasteiger partial charge >= 0.3 is 0 Å². The third-order valence-corrected chi connectivity index (χ3v) is 6.76. The summed E-state index contributed by atoms with van der Waals surface area (Å²) in [5, 5.41) is 4.38. The maximum atomic E-state index is 13.4. The van der Waals surface area contributed by atoms with Gasteiger partial charge in [-0.05, 0) is 56.3 Å². The number of halogens is 1. The number of nitrogens with one attached hydrogen (secondary N) is 1. The summed E-state index contributed by atoms with van der Waals surface area (Å²) in [5.74, 6) is -0.00870. The standard InChI is InChI=1S/C24H24ClN3O4S/c1-3-32-21-12-10-20(11-13-21)28(33(30,31)22-14-8-18(2)9-15-22)17-24(29)27-26-16-19-6-4-5-7-23(19)25/h4-16H,3,17H2,1-2H3,(H,27,29)/b26-16-. The second-order valence-corrected chi connectivity index (χ2v) is 9.34. The molecular formula is C24H24ClN3O4S. The lowest BCUT2D eigenvalue weighted by atomic mass is 10.2. The highest BCUT2D eigenvalue weighted by Crippen LogP contribution is 2.26. The first-order chi connectivity index (χ1) is 15.8. The van der Waals surface area contributed by atoms with Crippen molar-refractivity contribution in [1.29, 1.82) is 0 Å². The minimum atomic E-state index is -4.02. The molecule has 3 aromatic carbocycles. The van der Waals surface area contributed by atoms with Crippen LogP contribution in [0.25, 0.3) is 0 Å². The van der Waals surface area contributed by atoms with E-state index in [1.54, 1.807) is 60.7 Å². The predicted molar refractivity (Wildman–Crippen MR) is 131 cm³/mol. The molecule has 3 rings (SSSR count). The summed E-state index contributed by atoms with van der Waals surface area (Å²) < 4.78 is 33.2. The molecule has 0 aliphatic heterocycles. The Hall–Kier alpha value is -3.36. The van der Waals surface area contributed by atoms with Gasteiger partial charge in [-0.2, -0.15) is 5.10 Å². The molecule has 0 bridgehead atoms. The first-order valence-electron chi connectivity index (χ1n) is 10.2. The van der Waals surface area contributed by atoms with Gasteiger partial charge in [0.1, 0.15) is 12.3 Å². The molecule has 7 nitrogen and oxygen atoms in total. The number of ether oxygens (including phenoxy) is 1. The number of benzene rings is 3. The van der Waals surface area contributed by atoms with Crippen molar-refractivity contribution in [2.24, 2.45) is 5.10 Å². The molecule has 1 N–H and O–H groups in total. The number of nitrogens with zero attached hydrogens (tertiary/aromatic N) is 2. The van der Waals surface area contributed by atoms with Gasteiger partial charge in [-0.25, -0.2) is 13.8 Å². The van der Waals surface area contributed by atoms with Crippen LogP contribution in [0.3, 0.4) is 0 Å². The molecule has 3 aromatic rings. The van der Waals surface area contributed by atoms with Crippen molar-refractivity contribution in [3.63, 3.8) is 0 Å². The Morgan fingerprint density at radius 2 is 1.73 bits per heavy atom. The zero-order valence-electron chi connectivity index (χ0n) is 18.2. The smallest absolute Gasteiger partial charge is 0.264 e. The van der Waals surface area contributed by atoms with Crippen molar-refractivity contribution in [2.75, 3.05) is 17.5 Å². The lowest BCUT2D eigenvalue weighted by Crippen LogP contribution is -2.39. The Balaban J connectivity index is 1.85. The quantitative estimate of drug-likeness (QED) is 0.359. The fourth-order valence-electron chi connectivity index (χ4n) is 2.95. The molecule has 0 saturated heterocycles. The minimum absolute atomic E-state index is 0.0781. The molecule has 0 saturated carbocycles. The largest absolute Gasteiger partial charge is 0.494 e. The fraction of sp³-hybridized carbons (Fsp3) is 0.167. The van der Waals surface area contributed by atoms with Crippen LogP contribution in [0, 0.1) is 6.92 Å². The second-order valence-electron chi connectivity index (χ2n) is 7.07. The molecule has 1 amide bonds. The van der Waals surface area contributed by atoms with Crippen LogP contribution in [0.2, 0.25) is 5.02 Å². The topological polar surface area (TPSA) is 88.1 Å². The van der Waals surface area contributed by atoms with E-state index in [1.165, 1.54) is 18.3 Å². The highest BCUT2D eigenvalue weighted by atomic mass is 35.5. The number of hydrazone groups is 1. The molecule has 0 heterocycles. The molecule has 172 valence electrons. The van der Waals surface area contributed by atoms with Crippen molar-refractivity contribution in [1.82, 2.24) is 5.43 Å². The van der Waals surface area contributed by atoms with E-state index in [-0.39, 0.29) is 4.90 Å².